The van der Waals surface area contributed by atoms with Crippen molar-refractivity contribution in [1.82, 2.24) is 0 Å². The summed E-state index contributed by atoms with van der Waals surface area (Å²) < 4.78 is 5.14. The zero-order valence-electron chi connectivity index (χ0n) is 16.6. The predicted molar refractivity (Wildman–Crippen MR) is 100 cm³/mol. The van der Waals surface area contributed by atoms with Crippen LogP contribution in [-0.4, -0.2) is 55.9 Å². The number of hydrogen-bond donors (Lipinski definition) is 4. The van der Waals surface area contributed by atoms with Crippen molar-refractivity contribution in [1.29, 1.82) is 0 Å². The third-order valence-corrected chi connectivity index (χ3v) is 9.50. The second-order valence-electron chi connectivity index (χ2n) is 10.4. The molecule has 1 aliphatic heterocycles. The zero-order valence-corrected chi connectivity index (χ0v) is 16.6. The highest BCUT2D eigenvalue weighted by atomic mass is 16.5. The van der Waals surface area contributed by atoms with E-state index < -0.39 is 22.9 Å². The van der Waals surface area contributed by atoms with Crippen molar-refractivity contribution in [3.05, 3.63) is 11.6 Å². The second kappa shape index (κ2) is 5.81. The average molecular weight is 392 g/mol. The Kier molecular flexibility index (Phi) is 3.95. The van der Waals surface area contributed by atoms with Crippen LogP contribution in [0.3, 0.4) is 0 Å². The summed E-state index contributed by atoms with van der Waals surface area (Å²) in [6.45, 7) is 2.46. The van der Waals surface area contributed by atoms with Gasteiger partial charge < -0.3 is 25.2 Å². The summed E-state index contributed by atoms with van der Waals surface area (Å²) in [4.78, 5) is 11.6. The quantitative estimate of drug-likeness (QED) is 0.503. The molecule has 5 rings (SSSR count). The number of cyclic esters (lactones) is 1. The molecule has 1 heterocycles. The van der Waals surface area contributed by atoms with Crippen LogP contribution in [0.5, 0.6) is 0 Å². The molecule has 0 radical (unpaired) electrons. The van der Waals surface area contributed by atoms with E-state index in [4.69, 9.17) is 4.74 Å². The van der Waals surface area contributed by atoms with Crippen LogP contribution in [0.15, 0.2) is 11.6 Å². The van der Waals surface area contributed by atoms with Gasteiger partial charge in [-0.15, -0.1) is 0 Å². The number of fused-ring (bicyclic) bond motifs is 5. The maximum absolute atomic E-state index is 12.0. The van der Waals surface area contributed by atoms with Crippen LogP contribution in [-0.2, 0) is 9.53 Å². The van der Waals surface area contributed by atoms with Crippen LogP contribution in [0, 0.1) is 23.2 Å². The van der Waals surface area contributed by atoms with E-state index in [0.717, 1.165) is 24.8 Å². The average Bonchev–Trinajstić information content (AvgIpc) is 3.17. The largest absolute Gasteiger partial charge is 0.458 e. The Morgan fingerprint density at radius 1 is 0.964 bits per heavy atom. The molecule has 6 heteroatoms. The minimum absolute atomic E-state index is 0.0737. The Morgan fingerprint density at radius 3 is 2.36 bits per heavy atom. The molecule has 4 N–H and O–H groups in total. The van der Waals surface area contributed by atoms with Crippen LogP contribution in [0.1, 0.15) is 64.7 Å². The van der Waals surface area contributed by atoms with Crippen LogP contribution in [0.4, 0.5) is 0 Å². The van der Waals surface area contributed by atoms with E-state index in [-0.39, 0.29) is 35.6 Å². The van der Waals surface area contributed by atoms with Gasteiger partial charge in [0.2, 0.25) is 0 Å². The number of aliphatic hydroxyl groups is 4. The van der Waals surface area contributed by atoms with Crippen molar-refractivity contribution in [3.8, 4) is 0 Å². The van der Waals surface area contributed by atoms with E-state index in [0.29, 0.717) is 38.7 Å². The molecule has 8 atom stereocenters. The number of ether oxygens (including phenoxy) is 1. The van der Waals surface area contributed by atoms with Crippen LogP contribution < -0.4 is 0 Å². The molecule has 5 aliphatic rings. The monoisotopic (exact) mass is 392 g/mol. The molecule has 156 valence electrons. The first kappa shape index (κ1) is 19.0. The van der Waals surface area contributed by atoms with E-state index in [1.165, 1.54) is 0 Å². The number of aliphatic hydroxyl groups excluding tert-OH is 1. The van der Waals surface area contributed by atoms with Gasteiger partial charge in [0.1, 0.15) is 6.61 Å². The lowest BCUT2D eigenvalue weighted by Gasteiger charge is -2.64. The maximum atomic E-state index is 12.0. The van der Waals surface area contributed by atoms with Gasteiger partial charge in [-0.3, -0.25) is 0 Å². The van der Waals surface area contributed by atoms with E-state index in [1.807, 2.05) is 0 Å². The Morgan fingerprint density at radius 2 is 1.64 bits per heavy atom. The molecule has 4 saturated carbocycles. The van der Waals surface area contributed by atoms with Crippen molar-refractivity contribution in [2.75, 3.05) is 6.61 Å². The van der Waals surface area contributed by atoms with Crippen LogP contribution >= 0.6 is 0 Å². The normalized spacial score (nSPS) is 55.8. The van der Waals surface area contributed by atoms with Crippen molar-refractivity contribution in [2.45, 2.75) is 87.6 Å². The summed E-state index contributed by atoms with van der Waals surface area (Å²) in [5, 5.41) is 45.0. The fraction of sp³-hybridized carbons (Fsp3) is 0.864. The van der Waals surface area contributed by atoms with E-state index in [1.54, 1.807) is 6.08 Å². The summed E-state index contributed by atoms with van der Waals surface area (Å²) in [7, 11) is 0. The molecule has 0 spiro atoms. The number of carbonyl (C=O) groups excluding carboxylic acids is 1. The zero-order chi connectivity index (χ0) is 19.9. The molecule has 0 aromatic heterocycles. The molecule has 0 aromatic carbocycles. The summed E-state index contributed by atoms with van der Waals surface area (Å²) in [5.74, 6) is -0.407. The van der Waals surface area contributed by atoms with Gasteiger partial charge in [0, 0.05) is 17.9 Å². The Bertz CT molecular complexity index is 735. The first-order valence-corrected chi connectivity index (χ1v) is 10.9. The van der Waals surface area contributed by atoms with Gasteiger partial charge in [0.05, 0.1) is 22.9 Å². The van der Waals surface area contributed by atoms with Gasteiger partial charge in [0.25, 0.3) is 0 Å². The third kappa shape index (κ3) is 2.21. The lowest BCUT2D eigenvalue weighted by atomic mass is 9.45. The van der Waals surface area contributed by atoms with Gasteiger partial charge in [-0.05, 0) is 74.7 Å². The molecule has 6 nitrogen and oxygen atoms in total. The predicted octanol–water partition coefficient (Wildman–Crippen LogP) is 1.44. The lowest BCUT2D eigenvalue weighted by Crippen LogP contribution is -2.71. The molecule has 4 aliphatic carbocycles. The summed E-state index contributed by atoms with van der Waals surface area (Å²) in [6.07, 6.45) is 6.17. The number of hydrogen-bond acceptors (Lipinski definition) is 6. The highest BCUT2D eigenvalue weighted by molar-refractivity contribution is 5.85. The van der Waals surface area contributed by atoms with Gasteiger partial charge in [-0.2, -0.15) is 0 Å². The smallest absolute Gasteiger partial charge is 0.331 e. The Labute approximate surface area is 165 Å². The third-order valence-electron chi connectivity index (χ3n) is 9.50. The minimum atomic E-state index is -1.26. The van der Waals surface area contributed by atoms with Gasteiger partial charge in [0.15, 0.2) is 0 Å². The molecular formula is C22H32O6. The fourth-order valence-electron chi connectivity index (χ4n) is 7.99. The molecule has 4 fully saturated rings. The first-order chi connectivity index (χ1) is 13.1. The summed E-state index contributed by atoms with van der Waals surface area (Å²) in [6, 6.07) is 0. The molecule has 0 aromatic rings. The number of esters is 1. The second-order valence-corrected chi connectivity index (χ2v) is 10.4. The van der Waals surface area contributed by atoms with Crippen molar-refractivity contribution >= 4 is 5.97 Å². The van der Waals surface area contributed by atoms with E-state index in [9.17, 15) is 25.2 Å². The summed E-state index contributed by atoms with van der Waals surface area (Å²) >= 11 is 0. The number of rotatable bonds is 1. The summed E-state index contributed by atoms with van der Waals surface area (Å²) in [5.41, 5.74) is -2.78. The topological polar surface area (TPSA) is 107 Å². The standard InChI is InChI=1S/C22H32O6/c1-19-6-3-17-16(4-7-20(25)11-14(23)2-8-22(17,20)27)21(19,26)9-5-15(19)13-10-18(24)28-12-13/h10,14-17,23,25-27H,2-9,11-12H2,1H3/t14-,15+,16+,17-,19-,20+,21-,22+/m1/s1. The SMILES string of the molecule is C[C@]12CC[C@@H]3[C@H](CC[C@]4(O)C[C@H](O)CC[C@]34O)[C@]1(O)CC[C@H]2C1=CC(=O)OC1. The van der Waals surface area contributed by atoms with Gasteiger partial charge in [-0.25, -0.2) is 4.79 Å². The van der Waals surface area contributed by atoms with Gasteiger partial charge >= 0.3 is 5.97 Å². The van der Waals surface area contributed by atoms with Gasteiger partial charge in [-0.1, -0.05) is 6.92 Å². The fourth-order valence-corrected chi connectivity index (χ4v) is 7.99. The van der Waals surface area contributed by atoms with Crippen molar-refractivity contribution in [2.24, 2.45) is 23.2 Å². The molecule has 0 unspecified atom stereocenters. The van der Waals surface area contributed by atoms with Crippen molar-refractivity contribution < 1.29 is 30.0 Å². The molecule has 0 amide bonds. The first-order valence-electron chi connectivity index (χ1n) is 10.9. The van der Waals surface area contributed by atoms with E-state index >= 15 is 0 Å². The minimum Gasteiger partial charge on any atom is -0.458 e. The lowest BCUT2D eigenvalue weighted by molar-refractivity contribution is -0.288. The van der Waals surface area contributed by atoms with Crippen molar-refractivity contribution in [3.63, 3.8) is 0 Å². The molecule has 28 heavy (non-hydrogen) atoms. The maximum Gasteiger partial charge on any atom is 0.331 e. The molecular weight excluding hydrogens is 360 g/mol. The highest BCUT2D eigenvalue weighted by Gasteiger charge is 2.71. The molecule has 0 saturated heterocycles. The number of carbonyl (C=O) groups is 1. The molecule has 0 bridgehead atoms. The highest BCUT2D eigenvalue weighted by Crippen LogP contribution is 2.68. The van der Waals surface area contributed by atoms with Crippen LogP contribution in [0.2, 0.25) is 0 Å². The van der Waals surface area contributed by atoms with E-state index in [2.05, 4.69) is 6.92 Å². The van der Waals surface area contributed by atoms with Crippen LogP contribution in [0.25, 0.3) is 0 Å². The Balaban J connectivity index is 1.49. The Hall–Kier alpha value is -0.950.